The zero-order valence-electron chi connectivity index (χ0n) is 13.3. The number of aliphatic hydroxyl groups is 1. The Morgan fingerprint density at radius 3 is 2.43 bits per heavy atom. The lowest BCUT2D eigenvalue weighted by Crippen LogP contribution is -2.39. The summed E-state index contributed by atoms with van der Waals surface area (Å²) in [6, 6.07) is 7.31. The molecule has 5 heteroatoms. The maximum absolute atomic E-state index is 11.9. The van der Waals surface area contributed by atoms with Crippen LogP contribution >= 0.6 is 0 Å². The molecule has 0 aromatic heterocycles. The number of rotatable bonds is 8. The summed E-state index contributed by atoms with van der Waals surface area (Å²) in [6.45, 7) is 4.99. The van der Waals surface area contributed by atoms with E-state index in [0.29, 0.717) is 12.5 Å². The van der Waals surface area contributed by atoms with Gasteiger partial charge < -0.3 is 15.2 Å². The number of methoxy groups -OCH3 is 1. The first kappa shape index (κ1) is 17.5. The average Bonchev–Trinajstić information content (AvgIpc) is 2.46. The number of hydrogen-bond donors (Lipinski definition) is 2. The summed E-state index contributed by atoms with van der Waals surface area (Å²) in [5.74, 6) is 1.17. The fourth-order valence-corrected chi connectivity index (χ4v) is 2.04. The molecule has 0 aliphatic carbocycles. The minimum atomic E-state index is -0.208. The first-order valence-corrected chi connectivity index (χ1v) is 7.19. The molecule has 2 N–H and O–H groups in total. The van der Waals surface area contributed by atoms with Gasteiger partial charge in [0, 0.05) is 6.54 Å². The Bertz CT molecular complexity index is 432. The first-order valence-electron chi connectivity index (χ1n) is 7.19. The van der Waals surface area contributed by atoms with E-state index in [1.807, 2.05) is 36.2 Å². The van der Waals surface area contributed by atoms with Gasteiger partial charge in [0.1, 0.15) is 5.75 Å². The Morgan fingerprint density at radius 2 is 1.95 bits per heavy atom. The smallest absolute Gasteiger partial charge is 0.234 e. The van der Waals surface area contributed by atoms with Crippen LogP contribution in [0.1, 0.15) is 25.5 Å². The van der Waals surface area contributed by atoms with Gasteiger partial charge in [-0.25, -0.2) is 0 Å². The van der Waals surface area contributed by atoms with E-state index in [-0.39, 0.29) is 25.1 Å². The predicted octanol–water partition coefficient (Wildman–Crippen LogP) is 1.43. The van der Waals surface area contributed by atoms with Gasteiger partial charge in [-0.15, -0.1) is 0 Å². The van der Waals surface area contributed by atoms with Gasteiger partial charge in [-0.05, 0) is 30.7 Å². The molecule has 0 aliphatic heterocycles. The number of benzene rings is 1. The van der Waals surface area contributed by atoms with Crippen LogP contribution in [-0.2, 0) is 4.79 Å². The third-order valence-corrected chi connectivity index (χ3v) is 3.31. The fraction of sp³-hybridized carbons (Fsp3) is 0.562. The van der Waals surface area contributed by atoms with E-state index in [1.54, 1.807) is 7.11 Å². The molecule has 0 saturated carbocycles. The van der Waals surface area contributed by atoms with Crippen molar-refractivity contribution in [3.05, 3.63) is 29.8 Å². The summed E-state index contributed by atoms with van der Waals surface area (Å²) in [4.78, 5) is 13.7. The maximum Gasteiger partial charge on any atom is 0.234 e. The summed E-state index contributed by atoms with van der Waals surface area (Å²) >= 11 is 0. The van der Waals surface area contributed by atoms with Gasteiger partial charge in [-0.1, -0.05) is 26.0 Å². The van der Waals surface area contributed by atoms with Gasteiger partial charge in [0.25, 0.3) is 0 Å². The molecule has 0 fully saturated rings. The lowest BCUT2D eigenvalue weighted by Gasteiger charge is -2.26. The molecule has 1 amide bonds. The number of carbonyl (C=O) groups is 1. The molecule has 0 spiro atoms. The van der Waals surface area contributed by atoms with Gasteiger partial charge in [0.05, 0.1) is 26.3 Å². The van der Waals surface area contributed by atoms with Crippen LogP contribution in [0.25, 0.3) is 0 Å². The molecular weight excluding hydrogens is 268 g/mol. The summed E-state index contributed by atoms with van der Waals surface area (Å²) in [6.07, 6.45) is 0. The van der Waals surface area contributed by atoms with Crippen LogP contribution in [0.3, 0.4) is 0 Å². The van der Waals surface area contributed by atoms with Crippen LogP contribution in [-0.4, -0.2) is 49.8 Å². The normalized spacial score (nSPS) is 12.5. The van der Waals surface area contributed by atoms with E-state index in [1.165, 1.54) is 0 Å². The third kappa shape index (κ3) is 5.73. The van der Waals surface area contributed by atoms with Crippen molar-refractivity contribution in [1.29, 1.82) is 0 Å². The highest BCUT2D eigenvalue weighted by molar-refractivity contribution is 5.78. The Balaban J connectivity index is 2.63. The van der Waals surface area contributed by atoms with Crippen LogP contribution < -0.4 is 10.1 Å². The Kier molecular flexibility index (Phi) is 7.19. The van der Waals surface area contributed by atoms with Gasteiger partial charge in [-0.2, -0.15) is 0 Å². The molecule has 21 heavy (non-hydrogen) atoms. The summed E-state index contributed by atoms with van der Waals surface area (Å²) < 4.78 is 5.12. The monoisotopic (exact) mass is 294 g/mol. The van der Waals surface area contributed by atoms with Crippen molar-refractivity contribution in [2.75, 3.05) is 33.9 Å². The number of ether oxygens (including phenoxy) is 1. The van der Waals surface area contributed by atoms with Crippen LogP contribution in [0.15, 0.2) is 24.3 Å². The topological polar surface area (TPSA) is 61.8 Å². The molecule has 118 valence electrons. The van der Waals surface area contributed by atoms with Crippen LogP contribution in [0.2, 0.25) is 0 Å². The molecule has 0 heterocycles. The first-order chi connectivity index (χ1) is 9.97. The zero-order chi connectivity index (χ0) is 15.8. The Hall–Kier alpha value is -1.59. The SMILES string of the molecule is COc1ccc(C(CO)N(C)CC(=O)NCC(C)C)cc1. The second-order valence-electron chi connectivity index (χ2n) is 5.58. The molecule has 0 aliphatic rings. The van der Waals surface area contributed by atoms with Crippen LogP contribution in [0.4, 0.5) is 0 Å². The lowest BCUT2D eigenvalue weighted by molar-refractivity contribution is -0.122. The number of amides is 1. The third-order valence-electron chi connectivity index (χ3n) is 3.31. The van der Waals surface area contributed by atoms with Crippen molar-refractivity contribution in [2.45, 2.75) is 19.9 Å². The van der Waals surface area contributed by atoms with Crippen molar-refractivity contribution >= 4 is 5.91 Å². The zero-order valence-corrected chi connectivity index (χ0v) is 13.3. The van der Waals surface area contributed by atoms with Gasteiger partial charge >= 0.3 is 0 Å². The maximum atomic E-state index is 11.9. The number of carbonyl (C=O) groups excluding carboxylic acids is 1. The van der Waals surface area contributed by atoms with Gasteiger partial charge in [0.15, 0.2) is 0 Å². The van der Waals surface area contributed by atoms with E-state index in [4.69, 9.17) is 4.74 Å². The number of nitrogens with one attached hydrogen (secondary N) is 1. The summed E-state index contributed by atoms with van der Waals surface area (Å²) in [7, 11) is 3.45. The molecular formula is C16H26N2O3. The Morgan fingerprint density at radius 1 is 1.33 bits per heavy atom. The van der Waals surface area contributed by atoms with E-state index < -0.39 is 0 Å². The molecule has 0 bridgehead atoms. The highest BCUT2D eigenvalue weighted by atomic mass is 16.5. The standard InChI is InChI=1S/C16H26N2O3/c1-12(2)9-17-16(20)10-18(3)15(11-19)13-5-7-14(21-4)8-6-13/h5-8,12,15,19H,9-11H2,1-4H3,(H,17,20). The Labute approximate surface area is 126 Å². The molecule has 1 rings (SSSR count). The van der Waals surface area contributed by atoms with Gasteiger partial charge in [0.2, 0.25) is 5.91 Å². The second-order valence-corrected chi connectivity index (χ2v) is 5.58. The number of hydrogen-bond acceptors (Lipinski definition) is 4. The number of nitrogens with zero attached hydrogens (tertiary/aromatic N) is 1. The van der Waals surface area contributed by atoms with Crippen molar-refractivity contribution < 1.29 is 14.6 Å². The molecule has 1 unspecified atom stereocenters. The molecule has 0 saturated heterocycles. The van der Waals surface area contributed by atoms with E-state index in [0.717, 1.165) is 11.3 Å². The average molecular weight is 294 g/mol. The van der Waals surface area contributed by atoms with Crippen LogP contribution in [0.5, 0.6) is 5.75 Å². The van der Waals surface area contributed by atoms with E-state index >= 15 is 0 Å². The largest absolute Gasteiger partial charge is 0.497 e. The van der Waals surface area contributed by atoms with Crippen molar-refractivity contribution in [1.82, 2.24) is 10.2 Å². The van der Waals surface area contributed by atoms with Crippen molar-refractivity contribution in [3.63, 3.8) is 0 Å². The quantitative estimate of drug-likeness (QED) is 0.761. The number of likely N-dealkylation sites (N-methyl/N-ethyl adjacent to an activating group) is 1. The predicted molar refractivity (Wildman–Crippen MR) is 83.3 cm³/mol. The van der Waals surface area contributed by atoms with Crippen molar-refractivity contribution in [2.24, 2.45) is 5.92 Å². The lowest BCUT2D eigenvalue weighted by atomic mass is 10.1. The highest BCUT2D eigenvalue weighted by Crippen LogP contribution is 2.21. The summed E-state index contributed by atoms with van der Waals surface area (Å²) in [5, 5.41) is 12.5. The fourth-order valence-electron chi connectivity index (χ4n) is 2.04. The van der Waals surface area contributed by atoms with E-state index in [2.05, 4.69) is 19.2 Å². The molecule has 1 atom stereocenters. The second kappa shape index (κ2) is 8.64. The molecule has 1 aromatic rings. The minimum absolute atomic E-state index is 0.0295. The highest BCUT2D eigenvalue weighted by Gasteiger charge is 2.18. The van der Waals surface area contributed by atoms with Crippen LogP contribution in [0, 0.1) is 5.92 Å². The van der Waals surface area contributed by atoms with Crippen molar-refractivity contribution in [3.8, 4) is 5.75 Å². The molecule has 1 aromatic carbocycles. The number of aliphatic hydroxyl groups excluding tert-OH is 1. The molecule has 0 radical (unpaired) electrons. The van der Waals surface area contributed by atoms with E-state index in [9.17, 15) is 9.90 Å². The minimum Gasteiger partial charge on any atom is -0.497 e. The summed E-state index contributed by atoms with van der Waals surface area (Å²) in [5.41, 5.74) is 0.956. The molecule has 5 nitrogen and oxygen atoms in total. The van der Waals surface area contributed by atoms with Gasteiger partial charge in [-0.3, -0.25) is 9.69 Å².